The fraction of sp³-hybridized carbons (Fsp3) is 0.889. The molecule has 1 heteroatoms. The number of hydrogen-bond acceptors (Lipinski definition) is 0. The SMILES string of the molecule is [C-]#[N+]C1(CC(C)C)CCC1. The maximum absolute atomic E-state index is 7.03. The summed E-state index contributed by atoms with van der Waals surface area (Å²) in [7, 11) is 0. The van der Waals surface area contributed by atoms with Crippen LogP contribution in [0.4, 0.5) is 0 Å². The van der Waals surface area contributed by atoms with Crippen molar-refractivity contribution >= 4 is 0 Å². The monoisotopic (exact) mass is 137 g/mol. The van der Waals surface area contributed by atoms with E-state index in [9.17, 15) is 0 Å². The molecular formula is C9H15N. The molecule has 1 aliphatic rings. The van der Waals surface area contributed by atoms with E-state index in [2.05, 4.69) is 18.7 Å². The minimum atomic E-state index is 0.0775. The minimum absolute atomic E-state index is 0.0775. The van der Waals surface area contributed by atoms with Crippen molar-refractivity contribution in [2.24, 2.45) is 5.92 Å². The van der Waals surface area contributed by atoms with E-state index in [-0.39, 0.29) is 5.54 Å². The Morgan fingerprint density at radius 1 is 1.50 bits per heavy atom. The van der Waals surface area contributed by atoms with Crippen molar-refractivity contribution in [3.63, 3.8) is 0 Å². The Hall–Kier alpha value is -0.510. The molecule has 0 heterocycles. The van der Waals surface area contributed by atoms with E-state index in [1.165, 1.54) is 6.42 Å². The van der Waals surface area contributed by atoms with Gasteiger partial charge in [0.25, 0.3) is 0 Å². The zero-order valence-corrected chi connectivity index (χ0v) is 6.85. The first-order chi connectivity index (χ1) is 4.68. The highest BCUT2D eigenvalue weighted by Gasteiger charge is 2.43. The lowest BCUT2D eigenvalue weighted by Gasteiger charge is -2.31. The number of rotatable bonds is 2. The molecule has 0 bridgehead atoms. The molecule has 1 fully saturated rings. The third-order valence-corrected chi connectivity index (χ3v) is 2.31. The lowest BCUT2D eigenvalue weighted by Crippen LogP contribution is -2.34. The number of nitrogens with zero attached hydrogens (tertiary/aromatic N) is 1. The van der Waals surface area contributed by atoms with Crippen molar-refractivity contribution in [3.05, 3.63) is 11.4 Å². The average Bonchev–Trinajstić information content (AvgIpc) is 1.78. The summed E-state index contributed by atoms with van der Waals surface area (Å²) in [5.74, 6) is 0.689. The van der Waals surface area contributed by atoms with Gasteiger partial charge in [0.1, 0.15) is 0 Å². The topological polar surface area (TPSA) is 4.36 Å². The Morgan fingerprint density at radius 3 is 2.20 bits per heavy atom. The molecule has 1 nitrogen and oxygen atoms in total. The lowest BCUT2D eigenvalue weighted by atomic mass is 9.72. The molecule has 0 N–H and O–H groups in total. The van der Waals surface area contributed by atoms with Crippen LogP contribution in [0.5, 0.6) is 0 Å². The van der Waals surface area contributed by atoms with Gasteiger partial charge in [-0.15, -0.1) is 0 Å². The smallest absolute Gasteiger partial charge is 0.232 e. The summed E-state index contributed by atoms with van der Waals surface area (Å²) in [6, 6.07) is 0. The van der Waals surface area contributed by atoms with Crippen molar-refractivity contribution in [1.82, 2.24) is 0 Å². The maximum atomic E-state index is 7.03. The molecule has 0 spiro atoms. The summed E-state index contributed by atoms with van der Waals surface area (Å²) in [5.41, 5.74) is 0.0775. The van der Waals surface area contributed by atoms with Crippen LogP contribution in [-0.2, 0) is 0 Å². The van der Waals surface area contributed by atoms with Crippen molar-refractivity contribution < 1.29 is 0 Å². The Morgan fingerprint density at radius 2 is 2.10 bits per heavy atom. The third kappa shape index (κ3) is 1.31. The van der Waals surface area contributed by atoms with Gasteiger partial charge in [-0.3, -0.25) is 0 Å². The zero-order chi connectivity index (χ0) is 7.61. The van der Waals surface area contributed by atoms with Crippen LogP contribution in [0.2, 0.25) is 0 Å². The predicted octanol–water partition coefficient (Wildman–Crippen LogP) is 2.87. The van der Waals surface area contributed by atoms with Crippen molar-refractivity contribution in [2.75, 3.05) is 0 Å². The molecular weight excluding hydrogens is 122 g/mol. The highest BCUT2D eigenvalue weighted by molar-refractivity contribution is 5.05. The largest absolute Gasteiger partial charge is 0.310 e. The van der Waals surface area contributed by atoms with Gasteiger partial charge < -0.3 is 4.85 Å². The first-order valence-electron chi connectivity index (χ1n) is 4.07. The molecule has 1 aliphatic carbocycles. The van der Waals surface area contributed by atoms with Crippen LogP contribution in [0.25, 0.3) is 4.85 Å². The molecule has 0 amide bonds. The highest BCUT2D eigenvalue weighted by atomic mass is 14.8. The predicted molar refractivity (Wildman–Crippen MR) is 42.6 cm³/mol. The van der Waals surface area contributed by atoms with Gasteiger partial charge in [0, 0.05) is 19.3 Å². The normalized spacial score (nSPS) is 21.8. The minimum Gasteiger partial charge on any atom is -0.310 e. The molecule has 0 unspecified atom stereocenters. The first kappa shape index (κ1) is 7.60. The Labute approximate surface area is 63.3 Å². The molecule has 0 aromatic heterocycles. The summed E-state index contributed by atoms with van der Waals surface area (Å²) in [4.78, 5) is 3.72. The Bertz CT molecular complexity index is 149. The van der Waals surface area contributed by atoms with Crippen molar-refractivity contribution in [2.45, 2.75) is 45.1 Å². The lowest BCUT2D eigenvalue weighted by molar-refractivity contribution is 0.254. The fourth-order valence-corrected chi connectivity index (χ4v) is 1.71. The van der Waals surface area contributed by atoms with Gasteiger partial charge in [0.2, 0.25) is 5.54 Å². The van der Waals surface area contributed by atoms with Gasteiger partial charge in [0.15, 0.2) is 0 Å². The molecule has 0 radical (unpaired) electrons. The van der Waals surface area contributed by atoms with Gasteiger partial charge >= 0.3 is 0 Å². The molecule has 0 atom stereocenters. The van der Waals surface area contributed by atoms with Crippen LogP contribution < -0.4 is 0 Å². The third-order valence-electron chi connectivity index (χ3n) is 2.31. The van der Waals surface area contributed by atoms with E-state index in [0.29, 0.717) is 5.92 Å². The second-order valence-electron chi connectivity index (χ2n) is 3.79. The van der Waals surface area contributed by atoms with Crippen LogP contribution in [0.3, 0.4) is 0 Å². The Kier molecular flexibility index (Phi) is 1.99. The molecule has 10 heavy (non-hydrogen) atoms. The number of hydrogen-bond donors (Lipinski definition) is 0. The van der Waals surface area contributed by atoms with E-state index in [0.717, 1.165) is 19.3 Å². The van der Waals surface area contributed by atoms with Gasteiger partial charge in [-0.2, -0.15) is 0 Å². The molecule has 0 saturated heterocycles. The van der Waals surface area contributed by atoms with Crippen LogP contribution in [-0.4, -0.2) is 5.54 Å². The van der Waals surface area contributed by atoms with Crippen molar-refractivity contribution in [1.29, 1.82) is 0 Å². The molecule has 56 valence electrons. The molecule has 1 rings (SSSR count). The fourth-order valence-electron chi connectivity index (χ4n) is 1.71. The molecule has 0 aromatic carbocycles. The zero-order valence-electron chi connectivity index (χ0n) is 6.85. The summed E-state index contributed by atoms with van der Waals surface area (Å²) in [6.07, 6.45) is 4.68. The van der Waals surface area contributed by atoms with E-state index in [1.54, 1.807) is 0 Å². The Balaban J connectivity index is 2.43. The maximum Gasteiger partial charge on any atom is 0.232 e. The second-order valence-corrected chi connectivity index (χ2v) is 3.79. The van der Waals surface area contributed by atoms with E-state index < -0.39 is 0 Å². The highest BCUT2D eigenvalue weighted by Crippen LogP contribution is 2.40. The van der Waals surface area contributed by atoms with Crippen LogP contribution >= 0.6 is 0 Å². The van der Waals surface area contributed by atoms with Gasteiger partial charge in [-0.1, -0.05) is 13.8 Å². The molecule has 1 saturated carbocycles. The quantitative estimate of drug-likeness (QED) is 0.515. The van der Waals surface area contributed by atoms with E-state index in [4.69, 9.17) is 6.57 Å². The summed E-state index contributed by atoms with van der Waals surface area (Å²) >= 11 is 0. The molecule has 0 aromatic rings. The van der Waals surface area contributed by atoms with Gasteiger partial charge in [-0.05, 0) is 12.3 Å². The summed E-state index contributed by atoms with van der Waals surface area (Å²) in [5, 5.41) is 0. The van der Waals surface area contributed by atoms with E-state index >= 15 is 0 Å². The standard InChI is InChI=1S/C9H15N/c1-8(2)7-9(10-3)5-4-6-9/h8H,4-7H2,1-2H3. The van der Waals surface area contributed by atoms with Gasteiger partial charge in [0.05, 0.1) is 0 Å². The van der Waals surface area contributed by atoms with Crippen LogP contribution in [0.1, 0.15) is 39.5 Å². The van der Waals surface area contributed by atoms with Crippen LogP contribution in [0, 0.1) is 12.5 Å². The van der Waals surface area contributed by atoms with Crippen molar-refractivity contribution in [3.8, 4) is 0 Å². The van der Waals surface area contributed by atoms with Gasteiger partial charge in [-0.25, -0.2) is 6.57 Å². The first-order valence-corrected chi connectivity index (χ1v) is 4.07. The van der Waals surface area contributed by atoms with E-state index in [1.807, 2.05) is 0 Å². The average molecular weight is 137 g/mol. The summed E-state index contributed by atoms with van der Waals surface area (Å²) < 4.78 is 0. The second kappa shape index (κ2) is 2.62. The van der Waals surface area contributed by atoms with Crippen LogP contribution in [0.15, 0.2) is 0 Å². The molecule has 0 aliphatic heterocycles. The summed E-state index contributed by atoms with van der Waals surface area (Å²) in [6.45, 7) is 11.4.